The van der Waals surface area contributed by atoms with Crippen LogP contribution in [-0.4, -0.2) is 56.0 Å². The Morgan fingerprint density at radius 3 is 2.69 bits per heavy atom. The first-order valence-electron chi connectivity index (χ1n) is 9.31. The van der Waals surface area contributed by atoms with Crippen molar-refractivity contribution >= 4 is 11.5 Å². The van der Waals surface area contributed by atoms with E-state index >= 15 is 0 Å². The van der Waals surface area contributed by atoms with E-state index in [0.717, 1.165) is 32.0 Å². The summed E-state index contributed by atoms with van der Waals surface area (Å²) in [4.78, 5) is 2.23. The SMILES string of the molecule is Cc1cc2c(-c3ccc(C(F)(F)F)cc3O)nnc(NC3CCCN(C)C3)n2n1. The Morgan fingerprint density at radius 1 is 1.21 bits per heavy atom. The minimum atomic E-state index is -4.54. The molecule has 1 aromatic carbocycles. The van der Waals surface area contributed by atoms with Crippen LogP contribution in [0.5, 0.6) is 5.75 Å². The van der Waals surface area contributed by atoms with Gasteiger partial charge in [-0.3, -0.25) is 0 Å². The van der Waals surface area contributed by atoms with E-state index in [1.807, 2.05) is 6.92 Å². The number of halogens is 3. The first kappa shape index (κ1) is 19.4. The molecule has 0 saturated carbocycles. The molecule has 2 aromatic heterocycles. The van der Waals surface area contributed by atoms with Gasteiger partial charge in [0.05, 0.1) is 16.8 Å². The molecule has 2 N–H and O–H groups in total. The Balaban J connectivity index is 1.74. The second-order valence-electron chi connectivity index (χ2n) is 7.43. The molecule has 4 rings (SSSR count). The van der Waals surface area contributed by atoms with Gasteiger partial charge in [0.15, 0.2) is 0 Å². The number of hydrogen-bond donors (Lipinski definition) is 2. The van der Waals surface area contributed by atoms with Crippen LogP contribution in [0.3, 0.4) is 0 Å². The van der Waals surface area contributed by atoms with Crippen LogP contribution in [-0.2, 0) is 6.18 Å². The molecule has 0 spiro atoms. The molecule has 3 aromatic rings. The van der Waals surface area contributed by atoms with Gasteiger partial charge in [-0.15, -0.1) is 10.2 Å². The van der Waals surface area contributed by atoms with E-state index in [-0.39, 0.29) is 17.3 Å². The normalized spacial score (nSPS) is 18.3. The van der Waals surface area contributed by atoms with Gasteiger partial charge in [-0.25, -0.2) is 0 Å². The third-order valence-corrected chi connectivity index (χ3v) is 5.06. The van der Waals surface area contributed by atoms with Crippen molar-refractivity contribution in [2.45, 2.75) is 32.0 Å². The summed E-state index contributed by atoms with van der Waals surface area (Å²) in [6, 6.07) is 4.77. The van der Waals surface area contributed by atoms with Gasteiger partial charge < -0.3 is 15.3 Å². The zero-order chi connectivity index (χ0) is 20.8. The molecule has 1 atom stereocenters. The second-order valence-corrected chi connectivity index (χ2v) is 7.43. The summed E-state index contributed by atoms with van der Waals surface area (Å²) in [5, 5.41) is 26.4. The lowest BCUT2D eigenvalue weighted by molar-refractivity contribution is -0.137. The van der Waals surface area contributed by atoms with Crippen molar-refractivity contribution in [2.24, 2.45) is 0 Å². The minimum Gasteiger partial charge on any atom is -0.507 e. The quantitative estimate of drug-likeness (QED) is 0.695. The second kappa shape index (κ2) is 7.18. The summed E-state index contributed by atoms with van der Waals surface area (Å²) in [6.07, 6.45) is -2.47. The number of aryl methyl sites for hydroxylation is 1. The molecule has 29 heavy (non-hydrogen) atoms. The number of phenols is 1. The van der Waals surface area contributed by atoms with Gasteiger partial charge in [-0.2, -0.15) is 22.8 Å². The van der Waals surface area contributed by atoms with Gasteiger partial charge in [-0.05, 0) is 57.6 Å². The third-order valence-electron chi connectivity index (χ3n) is 5.06. The van der Waals surface area contributed by atoms with Crippen molar-refractivity contribution in [1.29, 1.82) is 0 Å². The number of nitrogens with one attached hydrogen (secondary N) is 1. The monoisotopic (exact) mass is 406 g/mol. The third kappa shape index (κ3) is 3.84. The molecule has 0 bridgehead atoms. The molecular formula is C19H21F3N6O. The minimum absolute atomic E-state index is 0.166. The van der Waals surface area contributed by atoms with Crippen molar-refractivity contribution in [3.05, 3.63) is 35.5 Å². The number of phenolic OH excluding ortho intramolecular Hbond substituents is 1. The zero-order valence-corrected chi connectivity index (χ0v) is 16.0. The molecule has 3 heterocycles. The van der Waals surface area contributed by atoms with Crippen molar-refractivity contribution in [3.63, 3.8) is 0 Å². The summed E-state index contributed by atoms with van der Waals surface area (Å²) >= 11 is 0. The van der Waals surface area contributed by atoms with Crippen LogP contribution in [0.25, 0.3) is 16.8 Å². The van der Waals surface area contributed by atoms with Crippen LogP contribution in [0, 0.1) is 6.92 Å². The maximum Gasteiger partial charge on any atom is 0.416 e. The molecule has 10 heteroatoms. The van der Waals surface area contributed by atoms with Crippen molar-refractivity contribution in [3.8, 4) is 17.0 Å². The number of fused-ring (bicyclic) bond motifs is 1. The lowest BCUT2D eigenvalue weighted by Crippen LogP contribution is -2.40. The van der Waals surface area contributed by atoms with Crippen molar-refractivity contribution < 1.29 is 18.3 Å². The lowest BCUT2D eigenvalue weighted by Gasteiger charge is -2.30. The number of aromatic nitrogens is 4. The number of piperidine rings is 1. The number of likely N-dealkylation sites (tertiary alicyclic amines) is 1. The highest BCUT2D eigenvalue weighted by atomic mass is 19.4. The molecule has 1 fully saturated rings. The molecule has 1 unspecified atom stereocenters. The molecular weight excluding hydrogens is 385 g/mol. The molecule has 1 aliphatic rings. The molecule has 0 amide bonds. The van der Waals surface area contributed by atoms with E-state index in [0.29, 0.717) is 23.2 Å². The van der Waals surface area contributed by atoms with E-state index < -0.39 is 17.5 Å². The topological polar surface area (TPSA) is 78.6 Å². The van der Waals surface area contributed by atoms with Gasteiger partial charge in [0.25, 0.3) is 0 Å². The Hall–Kier alpha value is -2.88. The fourth-order valence-electron chi connectivity index (χ4n) is 3.68. The van der Waals surface area contributed by atoms with Crippen LogP contribution in [0.4, 0.5) is 19.1 Å². The highest BCUT2D eigenvalue weighted by Crippen LogP contribution is 2.37. The van der Waals surface area contributed by atoms with E-state index in [1.165, 1.54) is 6.07 Å². The smallest absolute Gasteiger partial charge is 0.416 e. The van der Waals surface area contributed by atoms with E-state index in [1.54, 1.807) is 10.6 Å². The molecule has 7 nitrogen and oxygen atoms in total. The van der Waals surface area contributed by atoms with Crippen LogP contribution in [0.2, 0.25) is 0 Å². The summed E-state index contributed by atoms with van der Waals surface area (Å²) < 4.78 is 40.3. The number of anilines is 1. The van der Waals surface area contributed by atoms with Gasteiger partial charge in [0.1, 0.15) is 11.4 Å². The Morgan fingerprint density at radius 2 is 2.00 bits per heavy atom. The summed E-state index contributed by atoms with van der Waals surface area (Å²) in [5.74, 6) is -0.0481. The largest absolute Gasteiger partial charge is 0.507 e. The maximum absolute atomic E-state index is 12.9. The van der Waals surface area contributed by atoms with E-state index in [2.05, 4.69) is 32.6 Å². The Labute approximate surface area is 165 Å². The van der Waals surface area contributed by atoms with Crippen molar-refractivity contribution in [1.82, 2.24) is 24.7 Å². The summed E-state index contributed by atoms with van der Waals surface area (Å²) in [6.45, 7) is 3.72. The van der Waals surface area contributed by atoms with Crippen LogP contribution in [0.1, 0.15) is 24.1 Å². The number of aromatic hydroxyl groups is 1. The predicted octanol–water partition coefficient (Wildman–Crippen LogP) is 3.33. The van der Waals surface area contributed by atoms with Gasteiger partial charge >= 0.3 is 6.18 Å². The zero-order valence-electron chi connectivity index (χ0n) is 16.0. The lowest BCUT2D eigenvalue weighted by atomic mass is 10.1. The average molecular weight is 406 g/mol. The number of hydrogen-bond acceptors (Lipinski definition) is 6. The number of likely N-dealkylation sites (N-methyl/N-ethyl adjacent to an activating group) is 1. The predicted molar refractivity (Wildman–Crippen MR) is 102 cm³/mol. The van der Waals surface area contributed by atoms with E-state index in [9.17, 15) is 18.3 Å². The summed E-state index contributed by atoms with van der Waals surface area (Å²) in [5.41, 5.74) is 0.769. The number of benzene rings is 1. The highest BCUT2D eigenvalue weighted by molar-refractivity contribution is 5.81. The molecule has 1 saturated heterocycles. The van der Waals surface area contributed by atoms with Crippen molar-refractivity contribution in [2.75, 3.05) is 25.5 Å². The van der Waals surface area contributed by atoms with Gasteiger partial charge in [0, 0.05) is 18.2 Å². The van der Waals surface area contributed by atoms with Gasteiger partial charge in [-0.1, -0.05) is 0 Å². The highest BCUT2D eigenvalue weighted by Gasteiger charge is 2.31. The molecule has 1 aliphatic heterocycles. The fraction of sp³-hybridized carbons (Fsp3) is 0.421. The average Bonchev–Trinajstić information content (AvgIpc) is 3.03. The molecule has 0 radical (unpaired) electrons. The number of alkyl halides is 3. The Kier molecular flexibility index (Phi) is 4.81. The van der Waals surface area contributed by atoms with Crippen LogP contribution >= 0.6 is 0 Å². The fourth-order valence-corrected chi connectivity index (χ4v) is 3.68. The van der Waals surface area contributed by atoms with Crippen LogP contribution < -0.4 is 5.32 Å². The molecule has 154 valence electrons. The molecule has 0 aliphatic carbocycles. The van der Waals surface area contributed by atoms with E-state index in [4.69, 9.17) is 0 Å². The first-order valence-corrected chi connectivity index (χ1v) is 9.31. The Bertz CT molecular complexity index is 1050. The number of nitrogens with zero attached hydrogens (tertiary/aromatic N) is 5. The first-order chi connectivity index (χ1) is 13.7. The maximum atomic E-state index is 12.9. The standard InChI is InChI=1S/C19H21F3N6O/c1-11-8-15-17(14-6-5-12(9-16(14)29)19(20,21)22)24-25-18(28(15)26-11)23-13-4-3-7-27(2)10-13/h5-6,8-9,13,29H,3-4,7,10H2,1-2H3,(H,23,25). The van der Waals surface area contributed by atoms with Gasteiger partial charge in [0.2, 0.25) is 5.95 Å². The summed E-state index contributed by atoms with van der Waals surface area (Å²) in [7, 11) is 2.06. The van der Waals surface area contributed by atoms with Crippen LogP contribution in [0.15, 0.2) is 24.3 Å². The number of rotatable bonds is 3.